The van der Waals surface area contributed by atoms with Crippen molar-refractivity contribution in [1.82, 2.24) is 19.6 Å². The van der Waals surface area contributed by atoms with Crippen molar-refractivity contribution in [3.05, 3.63) is 30.0 Å². The maximum Gasteiger partial charge on any atom is 0.247 e. The van der Waals surface area contributed by atoms with Crippen LogP contribution in [0.25, 0.3) is 11.0 Å². The molecule has 0 spiro atoms. The molecule has 0 aliphatic carbocycles. The molecule has 0 radical (unpaired) electrons. The van der Waals surface area contributed by atoms with Crippen molar-refractivity contribution < 1.29 is 18.8 Å². The Labute approximate surface area is 240 Å². The third-order valence-electron chi connectivity index (χ3n) is 8.21. The van der Waals surface area contributed by atoms with Gasteiger partial charge in [0.25, 0.3) is 0 Å². The summed E-state index contributed by atoms with van der Waals surface area (Å²) in [6, 6.07) is 8.82. The summed E-state index contributed by atoms with van der Waals surface area (Å²) in [7, 11) is 2.00. The van der Waals surface area contributed by atoms with Gasteiger partial charge in [-0.25, -0.2) is 0 Å². The fraction of sp³-hybridized carbons (Fsp3) is 0.567. The zero-order chi connectivity index (χ0) is 28.9. The number of nitrogens with one attached hydrogen (secondary N) is 1. The highest BCUT2D eigenvalue weighted by atomic mass is 16.3. The van der Waals surface area contributed by atoms with Gasteiger partial charge in [-0.05, 0) is 70.3 Å². The fourth-order valence-electron chi connectivity index (χ4n) is 5.78. The van der Waals surface area contributed by atoms with Crippen LogP contribution >= 0.6 is 0 Å². The van der Waals surface area contributed by atoms with Crippen LogP contribution in [0.5, 0.6) is 0 Å². The van der Waals surface area contributed by atoms with Crippen LogP contribution < -0.4 is 5.32 Å². The van der Waals surface area contributed by atoms with Crippen LogP contribution in [0.2, 0.25) is 0 Å². The van der Waals surface area contributed by atoms with Crippen LogP contribution in [-0.2, 0) is 14.4 Å². The molecule has 1 aromatic carbocycles. The van der Waals surface area contributed by atoms with Crippen molar-refractivity contribution in [2.75, 3.05) is 64.7 Å². The number of hydrogen-bond acceptors (Lipinski definition) is 7. The maximum atomic E-state index is 13.7. The highest BCUT2D eigenvalue weighted by Gasteiger charge is 2.35. The Balaban J connectivity index is 1.43. The number of carbonyl (C=O) groups excluding carboxylic acids is 3. The summed E-state index contributed by atoms with van der Waals surface area (Å²) in [5.41, 5.74) is 1.37. The molecule has 11 heteroatoms. The number of nitrogens with zero attached hydrogens (tertiary/aromatic N) is 6. The van der Waals surface area contributed by atoms with E-state index in [9.17, 15) is 19.6 Å². The molecule has 218 valence electrons. The first-order chi connectivity index (χ1) is 19.8. The average Bonchev–Trinajstić information content (AvgIpc) is 3.59. The molecular formula is C30H39N7O4. The zero-order valence-corrected chi connectivity index (χ0v) is 24.0. The Kier molecular flexibility index (Phi) is 8.88. The van der Waals surface area contributed by atoms with Gasteiger partial charge in [-0.15, -0.1) is 0 Å². The first kappa shape index (κ1) is 28.6. The lowest BCUT2D eigenvalue weighted by atomic mass is 10.1. The van der Waals surface area contributed by atoms with Crippen LogP contribution in [0.3, 0.4) is 0 Å². The van der Waals surface area contributed by atoms with Gasteiger partial charge in [0.05, 0.1) is 12.6 Å². The van der Waals surface area contributed by atoms with Crippen molar-refractivity contribution in [2.45, 2.75) is 45.1 Å². The standard InChI is InChI=1S/C30H39N7O4/c1-21-17-22-18-23(8-9-26(22)41-21)32-28(24(19-31)29(39)36-15-13-34(2)14-16-36)33-25-7-3-4-12-37(30(25)40)20-27(38)35-10-5-6-11-35/h8-9,17-18,24-25H,3-7,10-16,20H2,1-2H3,(H,32,33)/t24?,25-/m0/s1. The molecule has 3 aliphatic rings. The molecule has 4 heterocycles. The number of nitriles is 1. The normalized spacial score (nSPS) is 21.6. The van der Waals surface area contributed by atoms with Crippen molar-refractivity contribution in [2.24, 2.45) is 10.9 Å². The van der Waals surface area contributed by atoms with Gasteiger partial charge in [0.1, 0.15) is 23.2 Å². The lowest BCUT2D eigenvalue weighted by Gasteiger charge is -2.33. The Morgan fingerprint density at radius 2 is 1.78 bits per heavy atom. The molecule has 5 rings (SSSR count). The highest BCUT2D eigenvalue weighted by Crippen LogP contribution is 2.24. The number of rotatable bonds is 6. The van der Waals surface area contributed by atoms with Gasteiger partial charge in [-0.2, -0.15) is 5.26 Å². The molecule has 0 bridgehead atoms. The van der Waals surface area contributed by atoms with E-state index in [0.29, 0.717) is 31.7 Å². The lowest BCUT2D eigenvalue weighted by molar-refractivity contribution is -0.140. The van der Waals surface area contributed by atoms with E-state index in [1.807, 2.05) is 43.1 Å². The van der Waals surface area contributed by atoms with Crippen LogP contribution in [0, 0.1) is 24.2 Å². The minimum absolute atomic E-state index is 0.0338. The molecular weight excluding hydrogens is 522 g/mol. The number of likely N-dealkylation sites (tertiary alicyclic amines) is 2. The Morgan fingerprint density at radius 1 is 1.05 bits per heavy atom. The monoisotopic (exact) mass is 561 g/mol. The quantitative estimate of drug-likeness (QED) is 0.424. The van der Waals surface area contributed by atoms with Crippen molar-refractivity contribution in [3.8, 4) is 6.07 Å². The van der Waals surface area contributed by atoms with E-state index < -0.39 is 12.0 Å². The molecule has 3 aliphatic heterocycles. The zero-order valence-electron chi connectivity index (χ0n) is 24.0. The van der Waals surface area contributed by atoms with E-state index in [0.717, 1.165) is 68.6 Å². The number of furan rings is 1. The van der Waals surface area contributed by atoms with Crippen LogP contribution in [-0.4, -0.2) is 109 Å². The predicted octanol–water partition coefficient (Wildman–Crippen LogP) is 2.47. The van der Waals surface area contributed by atoms with Crippen molar-refractivity contribution >= 4 is 40.2 Å². The molecule has 1 aromatic heterocycles. The molecule has 3 fully saturated rings. The maximum absolute atomic E-state index is 13.7. The molecule has 1 N–H and O–H groups in total. The number of fused-ring (bicyclic) bond motifs is 1. The van der Waals surface area contributed by atoms with Crippen LogP contribution in [0.15, 0.2) is 33.7 Å². The number of piperazine rings is 1. The van der Waals surface area contributed by atoms with E-state index in [1.54, 1.807) is 9.80 Å². The Hall–Kier alpha value is -3.91. The van der Waals surface area contributed by atoms with Crippen molar-refractivity contribution in [1.29, 1.82) is 5.26 Å². The highest BCUT2D eigenvalue weighted by molar-refractivity contribution is 6.12. The summed E-state index contributed by atoms with van der Waals surface area (Å²) in [6.07, 6.45) is 3.99. The van der Waals surface area contributed by atoms with Gasteiger partial charge < -0.3 is 29.3 Å². The number of amidine groups is 1. The third kappa shape index (κ3) is 6.70. The lowest BCUT2D eigenvalue weighted by Crippen LogP contribution is -2.51. The number of anilines is 1. The number of aliphatic imine (C=N–C) groups is 1. The Bertz CT molecular complexity index is 1350. The summed E-state index contributed by atoms with van der Waals surface area (Å²) in [6.45, 7) is 6.36. The van der Waals surface area contributed by atoms with E-state index >= 15 is 0 Å². The largest absolute Gasteiger partial charge is 0.461 e. The summed E-state index contributed by atoms with van der Waals surface area (Å²) in [5.74, 6) is -0.868. The molecule has 2 atom stereocenters. The SMILES string of the molecule is Cc1cc2cc(NC(=N[C@H]3CCCCN(CC(=O)N4CCCC4)C3=O)C(C#N)C(=O)N3CCN(C)CC3)ccc2o1. The molecule has 2 aromatic rings. The molecule has 3 saturated heterocycles. The second-order valence-electron chi connectivity index (χ2n) is 11.3. The number of hydrogen-bond donors (Lipinski definition) is 1. The van der Waals surface area contributed by atoms with Gasteiger partial charge in [-0.3, -0.25) is 19.4 Å². The minimum atomic E-state index is -1.20. The second kappa shape index (κ2) is 12.7. The van der Waals surface area contributed by atoms with Crippen LogP contribution in [0.4, 0.5) is 5.69 Å². The van der Waals surface area contributed by atoms with E-state index in [4.69, 9.17) is 9.41 Å². The first-order valence-corrected chi connectivity index (χ1v) is 14.6. The van der Waals surface area contributed by atoms with Gasteiger partial charge in [0.15, 0.2) is 5.92 Å². The number of carbonyl (C=O) groups is 3. The van der Waals surface area contributed by atoms with Gasteiger partial charge in [0, 0.05) is 56.9 Å². The summed E-state index contributed by atoms with van der Waals surface area (Å²) >= 11 is 0. The van der Waals surface area contributed by atoms with Gasteiger partial charge in [0.2, 0.25) is 17.7 Å². The van der Waals surface area contributed by atoms with E-state index in [1.165, 1.54) is 0 Å². The smallest absolute Gasteiger partial charge is 0.247 e. The average molecular weight is 562 g/mol. The summed E-state index contributed by atoms with van der Waals surface area (Å²) in [4.78, 5) is 52.3. The van der Waals surface area contributed by atoms with Crippen molar-refractivity contribution in [3.63, 3.8) is 0 Å². The molecule has 1 unspecified atom stereocenters. The van der Waals surface area contributed by atoms with E-state index in [-0.39, 0.29) is 30.1 Å². The molecule has 41 heavy (non-hydrogen) atoms. The molecule has 11 nitrogen and oxygen atoms in total. The second-order valence-corrected chi connectivity index (χ2v) is 11.3. The summed E-state index contributed by atoms with van der Waals surface area (Å²) in [5, 5.41) is 14.4. The number of aryl methyl sites for hydroxylation is 1. The number of amides is 3. The Morgan fingerprint density at radius 3 is 2.51 bits per heavy atom. The fourth-order valence-corrected chi connectivity index (χ4v) is 5.78. The number of benzene rings is 1. The number of likely N-dealkylation sites (N-methyl/N-ethyl adjacent to an activating group) is 1. The van der Waals surface area contributed by atoms with Gasteiger partial charge >= 0.3 is 0 Å². The van der Waals surface area contributed by atoms with Crippen LogP contribution in [0.1, 0.15) is 37.9 Å². The van der Waals surface area contributed by atoms with Gasteiger partial charge in [-0.1, -0.05) is 0 Å². The predicted molar refractivity (Wildman–Crippen MR) is 155 cm³/mol. The first-order valence-electron chi connectivity index (χ1n) is 14.6. The molecule has 3 amide bonds. The topological polar surface area (TPSA) is 125 Å². The minimum Gasteiger partial charge on any atom is -0.461 e. The molecule has 0 saturated carbocycles. The summed E-state index contributed by atoms with van der Waals surface area (Å²) < 4.78 is 5.70. The third-order valence-corrected chi connectivity index (χ3v) is 8.21. The van der Waals surface area contributed by atoms with E-state index in [2.05, 4.69) is 16.3 Å².